The third kappa shape index (κ3) is 4.38. The molecule has 0 saturated carbocycles. The molecule has 92 valence electrons. The molecule has 0 aromatic heterocycles. The number of hydrogen-bond donors (Lipinski definition) is 0. The monoisotopic (exact) mass is 287 g/mol. The lowest BCUT2D eigenvalue weighted by atomic mass is 9.86. The van der Waals surface area contributed by atoms with Gasteiger partial charge in [0, 0.05) is 35.5 Å². The quantitative estimate of drug-likeness (QED) is 0.712. The summed E-state index contributed by atoms with van der Waals surface area (Å²) in [5, 5.41) is 0. The number of aliphatic imine (C=N–C) groups is 1. The van der Waals surface area contributed by atoms with Gasteiger partial charge in [-0.05, 0) is 32.1 Å². The maximum absolute atomic E-state index is 5.41. The van der Waals surface area contributed by atoms with E-state index in [4.69, 9.17) is 4.74 Å². The Morgan fingerprint density at radius 3 is 2.62 bits per heavy atom. The number of ether oxygens (including phenoxy) is 1. The Bertz CT molecular complexity index is 263. The first kappa shape index (κ1) is 13.9. The van der Waals surface area contributed by atoms with Crippen LogP contribution >= 0.6 is 15.9 Å². The van der Waals surface area contributed by atoms with Crippen molar-refractivity contribution in [3.63, 3.8) is 0 Å². The number of nitrogens with zero attached hydrogens (tertiary/aromatic N) is 1. The lowest BCUT2D eigenvalue weighted by Gasteiger charge is -2.26. The second-order valence-electron chi connectivity index (χ2n) is 4.47. The fourth-order valence-electron chi connectivity index (χ4n) is 2.00. The second kappa shape index (κ2) is 7.23. The summed E-state index contributed by atoms with van der Waals surface area (Å²) in [6.07, 6.45) is 5.33. The summed E-state index contributed by atoms with van der Waals surface area (Å²) in [6, 6.07) is 0. The number of rotatable bonds is 4. The maximum atomic E-state index is 5.41. The molecule has 1 atom stereocenters. The average Bonchev–Trinajstić information content (AvgIpc) is 2.30. The van der Waals surface area contributed by atoms with Crippen LogP contribution in [0.15, 0.2) is 15.7 Å². The van der Waals surface area contributed by atoms with Gasteiger partial charge < -0.3 is 4.74 Å². The van der Waals surface area contributed by atoms with Crippen molar-refractivity contribution in [1.29, 1.82) is 0 Å². The van der Waals surface area contributed by atoms with E-state index in [1.807, 2.05) is 13.1 Å². The number of halogens is 1. The van der Waals surface area contributed by atoms with Crippen LogP contribution in [-0.4, -0.2) is 18.9 Å². The van der Waals surface area contributed by atoms with Crippen molar-refractivity contribution in [2.75, 3.05) is 13.2 Å². The van der Waals surface area contributed by atoms with Gasteiger partial charge in [0.05, 0.1) is 0 Å². The van der Waals surface area contributed by atoms with Gasteiger partial charge in [0.15, 0.2) is 0 Å². The molecule has 2 nitrogen and oxygen atoms in total. The highest BCUT2D eigenvalue weighted by molar-refractivity contribution is 9.11. The molecule has 16 heavy (non-hydrogen) atoms. The van der Waals surface area contributed by atoms with Crippen molar-refractivity contribution < 1.29 is 4.74 Å². The molecule has 0 bridgehead atoms. The normalized spacial score (nSPS) is 22.2. The minimum Gasteiger partial charge on any atom is -0.381 e. The molecule has 1 unspecified atom stereocenters. The summed E-state index contributed by atoms with van der Waals surface area (Å²) < 4.78 is 6.49. The van der Waals surface area contributed by atoms with E-state index in [0.29, 0.717) is 11.8 Å². The predicted molar refractivity (Wildman–Crippen MR) is 73.1 cm³/mol. The van der Waals surface area contributed by atoms with Crippen molar-refractivity contribution in [2.24, 2.45) is 16.8 Å². The van der Waals surface area contributed by atoms with Crippen LogP contribution < -0.4 is 0 Å². The van der Waals surface area contributed by atoms with Crippen molar-refractivity contribution in [2.45, 2.75) is 40.0 Å². The summed E-state index contributed by atoms with van der Waals surface area (Å²) in [5.74, 6) is 1.19. The summed E-state index contributed by atoms with van der Waals surface area (Å²) >= 11 is 3.43. The zero-order chi connectivity index (χ0) is 12.0. The maximum Gasteiger partial charge on any atom is 0.0472 e. The standard InChI is InChI=1S/C13H22BrNO/c1-4-10(2)13(15-9-11(3)14)12-5-7-16-8-6-12/h9-10,12H,4-8H2,1-3H3/b11-9+,15-13+. The number of allylic oxidation sites excluding steroid dienone is 1. The largest absolute Gasteiger partial charge is 0.381 e. The first-order chi connectivity index (χ1) is 7.65. The third-order valence-electron chi connectivity index (χ3n) is 3.15. The minimum absolute atomic E-state index is 0.575. The first-order valence-electron chi connectivity index (χ1n) is 6.12. The molecule has 1 aliphatic heterocycles. The molecule has 0 aromatic carbocycles. The van der Waals surface area contributed by atoms with Crippen LogP contribution in [0.1, 0.15) is 40.0 Å². The highest BCUT2D eigenvalue weighted by Gasteiger charge is 2.22. The van der Waals surface area contributed by atoms with Gasteiger partial charge in [-0.3, -0.25) is 4.99 Å². The van der Waals surface area contributed by atoms with Gasteiger partial charge in [0.2, 0.25) is 0 Å². The Labute approximate surface area is 107 Å². The van der Waals surface area contributed by atoms with Crippen LogP contribution in [0.25, 0.3) is 0 Å². The van der Waals surface area contributed by atoms with Crippen LogP contribution in [-0.2, 0) is 4.74 Å². The van der Waals surface area contributed by atoms with E-state index in [1.54, 1.807) is 0 Å². The van der Waals surface area contributed by atoms with E-state index < -0.39 is 0 Å². The van der Waals surface area contributed by atoms with Crippen LogP contribution in [0.4, 0.5) is 0 Å². The lowest BCUT2D eigenvalue weighted by molar-refractivity contribution is 0.0818. The van der Waals surface area contributed by atoms with Gasteiger partial charge >= 0.3 is 0 Å². The van der Waals surface area contributed by atoms with Gasteiger partial charge in [-0.15, -0.1) is 0 Å². The Hall–Kier alpha value is -0.150. The minimum atomic E-state index is 0.575. The summed E-state index contributed by atoms with van der Waals surface area (Å²) in [6.45, 7) is 8.28. The lowest BCUT2D eigenvalue weighted by Crippen LogP contribution is -2.27. The fourth-order valence-corrected chi connectivity index (χ4v) is 2.10. The van der Waals surface area contributed by atoms with Crippen molar-refractivity contribution in [3.05, 3.63) is 10.7 Å². The second-order valence-corrected chi connectivity index (χ2v) is 5.72. The molecule has 1 rings (SSSR count). The summed E-state index contributed by atoms with van der Waals surface area (Å²) in [7, 11) is 0. The van der Waals surface area contributed by atoms with E-state index in [1.165, 1.54) is 5.71 Å². The highest BCUT2D eigenvalue weighted by Crippen LogP contribution is 2.23. The molecule has 1 saturated heterocycles. The zero-order valence-electron chi connectivity index (χ0n) is 10.5. The van der Waals surface area contributed by atoms with Gasteiger partial charge in [-0.2, -0.15) is 0 Å². The molecule has 0 amide bonds. The summed E-state index contributed by atoms with van der Waals surface area (Å²) in [5.41, 5.74) is 1.35. The molecule has 1 heterocycles. The van der Waals surface area contributed by atoms with Crippen LogP contribution in [0.2, 0.25) is 0 Å². The van der Waals surface area contributed by atoms with E-state index in [0.717, 1.165) is 37.0 Å². The topological polar surface area (TPSA) is 21.6 Å². The van der Waals surface area contributed by atoms with Crippen LogP contribution in [0.5, 0.6) is 0 Å². The van der Waals surface area contributed by atoms with E-state index in [2.05, 4.69) is 34.8 Å². The zero-order valence-corrected chi connectivity index (χ0v) is 12.1. The van der Waals surface area contributed by atoms with Crippen molar-refractivity contribution in [1.82, 2.24) is 0 Å². The molecular weight excluding hydrogens is 266 g/mol. The fraction of sp³-hybridized carbons (Fsp3) is 0.769. The first-order valence-corrected chi connectivity index (χ1v) is 6.92. The molecule has 1 aliphatic rings. The Kier molecular flexibility index (Phi) is 6.29. The van der Waals surface area contributed by atoms with Crippen LogP contribution in [0.3, 0.4) is 0 Å². The van der Waals surface area contributed by atoms with E-state index in [-0.39, 0.29) is 0 Å². The van der Waals surface area contributed by atoms with Gasteiger partial charge in [-0.25, -0.2) is 0 Å². The highest BCUT2D eigenvalue weighted by atomic mass is 79.9. The molecule has 0 aromatic rings. The predicted octanol–water partition coefficient (Wildman–Crippen LogP) is 4.16. The molecule has 0 radical (unpaired) electrons. The molecule has 0 N–H and O–H groups in total. The van der Waals surface area contributed by atoms with Gasteiger partial charge in [0.25, 0.3) is 0 Å². The average molecular weight is 288 g/mol. The van der Waals surface area contributed by atoms with Crippen molar-refractivity contribution in [3.8, 4) is 0 Å². The SMILES string of the molecule is CCC(C)/C(=N\C=C(/C)Br)C1CCOCC1. The molecular formula is C13H22BrNO. The molecule has 0 aliphatic carbocycles. The molecule has 0 spiro atoms. The smallest absolute Gasteiger partial charge is 0.0472 e. The van der Waals surface area contributed by atoms with E-state index in [9.17, 15) is 0 Å². The molecule has 1 fully saturated rings. The number of hydrogen-bond acceptors (Lipinski definition) is 2. The Morgan fingerprint density at radius 2 is 2.12 bits per heavy atom. The van der Waals surface area contributed by atoms with Gasteiger partial charge in [0.1, 0.15) is 0 Å². The Morgan fingerprint density at radius 1 is 1.50 bits per heavy atom. The van der Waals surface area contributed by atoms with Crippen molar-refractivity contribution >= 4 is 21.6 Å². The van der Waals surface area contributed by atoms with Crippen LogP contribution in [0, 0.1) is 11.8 Å². The molecule has 3 heteroatoms. The summed E-state index contributed by atoms with van der Waals surface area (Å²) in [4.78, 5) is 4.67. The third-order valence-corrected chi connectivity index (χ3v) is 3.35. The van der Waals surface area contributed by atoms with Gasteiger partial charge in [-0.1, -0.05) is 29.8 Å². The van der Waals surface area contributed by atoms with E-state index >= 15 is 0 Å². The Balaban J connectivity index is 2.77.